The summed E-state index contributed by atoms with van der Waals surface area (Å²) in [5.41, 5.74) is 11.6. The fourth-order valence-electron chi connectivity index (χ4n) is 3.51. The Balaban J connectivity index is 1.58. The molecule has 0 saturated carbocycles. The predicted octanol–water partition coefficient (Wildman–Crippen LogP) is -6.18. The van der Waals surface area contributed by atoms with Crippen LogP contribution in [0.1, 0.15) is 6.42 Å². The van der Waals surface area contributed by atoms with E-state index in [0.717, 1.165) is 0 Å². The smallest absolute Gasteiger partial charge is 0.320 e. The number of carboxylic acids is 1. The molecule has 3 heterocycles. The van der Waals surface area contributed by atoms with Gasteiger partial charge in [-0.05, 0) is 10.9 Å². The fraction of sp³-hybridized carbons (Fsp3) is 0.800. The van der Waals surface area contributed by atoms with Gasteiger partial charge in [-0.15, -0.1) is 0 Å². The van der Waals surface area contributed by atoms with Crippen LogP contribution < -0.4 is 27.1 Å². The van der Waals surface area contributed by atoms with E-state index in [4.69, 9.17) is 21.3 Å². The maximum Gasteiger partial charge on any atom is 0.320 e. The summed E-state index contributed by atoms with van der Waals surface area (Å²) >= 11 is 0. The average Bonchev–Trinajstić information content (AvgIpc) is 3.17. The molecule has 152 valence electrons. The highest BCUT2D eigenvalue weighted by Crippen LogP contribution is 2.25. The zero-order chi connectivity index (χ0) is 19.7. The van der Waals surface area contributed by atoms with Gasteiger partial charge in [-0.3, -0.25) is 21.2 Å². The van der Waals surface area contributed by atoms with Crippen molar-refractivity contribution in [1.29, 1.82) is 0 Å². The monoisotopic (exact) mass is 405 g/mol. The number of nitrogens with one attached hydrogen (secondary N) is 3. The molecule has 3 aliphatic heterocycles. The van der Waals surface area contributed by atoms with E-state index in [1.165, 1.54) is 0 Å². The van der Waals surface area contributed by atoms with E-state index >= 15 is 0 Å². The quantitative estimate of drug-likeness (QED) is 0.151. The van der Waals surface area contributed by atoms with Crippen molar-refractivity contribution in [2.24, 2.45) is 11.5 Å². The van der Waals surface area contributed by atoms with Crippen molar-refractivity contribution in [3.8, 4) is 0 Å². The number of nitrogens with zero attached hydrogens (tertiary/aromatic N) is 1. The summed E-state index contributed by atoms with van der Waals surface area (Å²) in [6.07, 6.45) is 1.87. The third-order valence-electron chi connectivity index (χ3n) is 5.17. The molecule has 1 unspecified atom stereocenters. The van der Waals surface area contributed by atoms with Gasteiger partial charge in [0, 0.05) is 6.42 Å². The van der Waals surface area contributed by atoms with Gasteiger partial charge in [0.25, 0.3) is 6.17 Å². The summed E-state index contributed by atoms with van der Waals surface area (Å²) < 4.78 is 7.77. The molecule has 0 aromatic heterocycles. The first-order valence-corrected chi connectivity index (χ1v) is 10.8. The van der Waals surface area contributed by atoms with E-state index in [1.54, 1.807) is 17.3 Å². The SMILES string of the molecule is C[S+](CC[C@H](N)C(=O)O)C[C@H]1O[C@@H]([N+]2=CN[C@H]3[C@H]2[NH+]=CN[C@@H]3N)[C@H](O)[C@@H]1O. The number of rotatable bonds is 7. The van der Waals surface area contributed by atoms with Crippen molar-refractivity contribution in [3.63, 3.8) is 0 Å². The Hall–Kier alpha value is -1.44. The van der Waals surface area contributed by atoms with Gasteiger partial charge in [0.05, 0.1) is 6.26 Å². The molecule has 27 heavy (non-hydrogen) atoms. The number of aliphatic carboxylic acids is 1. The summed E-state index contributed by atoms with van der Waals surface area (Å²) in [5.74, 6) is 0.132. The molecular formula is C15H29N6O5S+3. The zero-order valence-electron chi connectivity index (χ0n) is 15.1. The van der Waals surface area contributed by atoms with Gasteiger partial charge < -0.3 is 25.8 Å². The first-order chi connectivity index (χ1) is 12.8. The Morgan fingerprint density at radius 2 is 2.15 bits per heavy atom. The second kappa shape index (κ2) is 8.29. The predicted molar refractivity (Wildman–Crippen MR) is 99.1 cm³/mol. The van der Waals surface area contributed by atoms with E-state index in [2.05, 4.69) is 15.6 Å². The van der Waals surface area contributed by atoms with E-state index in [1.807, 2.05) is 6.26 Å². The number of hydrogen-bond donors (Lipinski definition) is 8. The molecule has 0 spiro atoms. The van der Waals surface area contributed by atoms with Gasteiger partial charge in [0.2, 0.25) is 24.9 Å². The molecule has 0 amide bonds. The standard InChI is InChI=1S/C15H26N6O5S/c1-27(3-2-7(16)15(24)25)4-8-10(22)11(23)14(26-8)21-6-20-9-12(17)18-5-19-13(9)21/h5-14,22-23H,2-4,16-17H2,1H3,(H-,18,19,24,25)/p+3/t7-,8+,9+,10+,11+,12-,13-,14+,27?/m0/s1. The lowest BCUT2D eigenvalue weighted by Gasteiger charge is -2.23. The third kappa shape index (κ3) is 4.20. The summed E-state index contributed by atoms with van der Waals surface area (Å²) in [6.45, 7) is 0. The van der Waals surface area contributed by atoms with Gasteiger partial charge in [-0.1, -0.05) is 0 Å². The van der Waals surface area contributed by atoms with Crippen molar-refractivity contribution < 1.29 is 34.4 Å². The van der Waals surface area contributed by atoms with Crippen molar-refractivity contribution >= 4 is 29.5 Å². The van der Waals surface area contributed by atoms with E-state index < -0.39 is 36.6 Å². The molecule has 0 radical (unpaired) electrons. The molecule has 3 aliphatic rings. The van der Waals surface area contributed by atoms with E-state index in [9.17, 15) is 15.0 Å². The molecule has 1 saturated heterocycles. The fourth-order valence-corrected chi connectivity index (χ4v) is 5.17. The largest absolute Gasteiger partial charge is 0.480 e. The Morgan fingerprint density at radius 1 is 1.41 bits per heavy atom. The van der Waals surface area contributed by atoms with Gasteiger partial charge in [-0.25, -0.2) is 4.99 Å². The molecular weight excluding hydrogens is 376 g/mol. The Morgan fingerprint density at radius 3 is 2.85 bits per heavy atom. The van der Waals surface area contributed by atoms with Crippen LogP contribution in [0.5, 0.6) is 0 Å². The highest BCUT2D eigenvalue weighted by Gasteiger charge is 2.55. The molecule has 1 fully saturated rings. The molecule has 0 aliphatic carbocycles. The van der Waals surface area contributed by atoms with Gasteiger partial charge in [-0.2, -0.15) is 4.58 Å². The van der Waals surface area contributed by atoms with Crippen LogP contribution in [-0.4, -0.2) is 105 Å². The first kappa shape index (κ1) is 20.3. The molecule has 0 bridgehead atoms. The Kier molecular flexibility index (Phi) is 6.23. The topological polar surface area (TPSA) is 180 Å². The van der Waals surface area contributed by atoms with Crippen molar-refractivity contribution in [2.45, 2.75) is 55.4 Å². The van der Waals surface area contributed by atoms with Crippen molar-refractivity contribution in [1.82, 2.24) is 10.6 Å². The molecule has 9 atom stereocenters. The summed E-state index contributed by atoms with van der Waals surface area (Å²) in [6, 6.07) is -0.998. The number of carboxylic acid groups (broad SMARTS) is 1. The lowest BCUT2D eigenvalue weighted by molar-refractivity contribution is -0.790. The second-order valence-electron chi connectivity index (χ2n) is 7.15. The third-order valence-corrected chi connectivity index (χ3v) is 7.00. The number of hydrogen-bond acceptors (Lipinski definition) is 8. The first-order valence-electron chi connectivity index (χ1n) is 8.85. The maximum absolute atomic E-state index is 10.8. The Bertz CT molecular complexity index is 622. The lowest BCUT2D eigenvalue weighted by Crippen LogP contribution is -2.90. The zero-order valence-corrected chi connectivity index (χ0v) is 15.9. The van der Waals surface area contributed by atoms with Crippen LogP contribution in [0.15, 0.2) is 0 Å². The number of aliphatic hydroxyl groups excluding tert-OH is 2. The molecule has 0 aromatic carbocycles. The molecule has 11 nitrogen and oxygen atoms in total. The number of fused-ring (bicyclic) bond motifs is 1. The molecule has 3 rings (SSSR count). The maximum atomic E-state index is 10.8. The van der Waals surface area contributed by atoms with Crippen LogP contribution in [-0.2, 0) is 20.4 Å². The Labute approximate surface area is 159 Å². The van der Waals surface area contributed by atoms with Crippen LogP contribution in [0.2, 0.25) is 0 Å². The minimum absolute atomic E-state index is 0.111. The number of nitrogens with two attached hydrogens (primary N) is 2. The van der Waals surface area contributed by atoms with Crippen LogP contribution in [0, 0.1) is 0 Å². The van der Waals surface area contributed by atoms with Gasteiger partial charge >= 0.3 is 5.97 Å². The van der Waals surface area contributed by atoms with Gasteiger partial charge in [0.15, 0.2) is 6.17 Å². The normalized spacial score (nSPS) is 39.9. The van der Waals surface area contributed by atoms with E-state index in [0.29, 0.717) is 17.9 Å². The number of aliphatic hydroxyl groups is 2. The number of ether oxygens (including phenoxy) is 1. The highest BCUT2D eigenvalue weighted by atomic mass is 32.2. The lowest BCUT2D eigenvalue weighted by atomic mass is 10.1. The summed E-state index contributed by atoms with van der Waals surface area (Å²) in [7, 11) is -0.198. The minimum atomic E-state index is -1.07. The molecule has 10 N–H and O–H groups in total. The van der Waals surface area contributed by atoms with Crippen LogP contribution in [0.3, 0.4) is 0 Å². The average molecular weight is 406 g/mol. The minimum Gasteiger partial charge on any atom is -0.480 e. The van der Waals surface area contributed by atoms with Gasteiger partial charge in [0.1, 0.15) is 35.9 Å². The highest BCUT2D eigenvalue weighted by molar-refractivity contribution is 7.96. The van der Waals surface area contributed by atoms with Crippen LogP contribution in [0.25, 0.3) is 0 Å². The van der Waals surface area contributed by atoms with Crippen LogP contribution >= 0.6 is 0 Å². The molecule has 12 heteroatoms. The van der Waals surface area contributed by atoms with Crippen molar-refractivity contribution in [2.75, 3.05) is 17.8 Å². The summed E-state index contributed by atoms with van der Waals surface area (Å²) in [5, 5.41) is 35.9. The number of carbonyl (C=O) groups is 1. The summed E-state index contributed by atoms with van der Waals surface area (Å²) in [4.78, 5) is 14.0. The second-order valence-corrected chi connectivity index (χ2v) is 9.45. The van der Waals surface area contributed by atoms with Crippen molar-refractivity contribution in [3.05, 3.63) is 0 Å². The molecule has 0 aromatic rings. The van der Waals surface area contributed by atoms with E-state index in [-0.39, 0.29) is 29.3 Å². The van der Waals surface area contributed by atoms with Crippen LogP contribution in [0.4, 0.5) is 0 Å².